The number of nitrogens with zero attached hydrogens (tertiary/aromatic N) is 1. The average molecular weight is 311 g/mol. The molecule has 0 saturated carbocycles. The van der Waals surface area contributed by atoms with Crippen molar-refractivity contribution >= 4 is 34.0 Å². The van der Waals surface area contributed by atoms with Crippen LogP contribution < -0.4 is 5.32 Å². The fraction of sp³-hybridized carbons (Fsp3) is 0.286. The van der Waals surface area contributed by atoms with Crippen molar-refractivity contribution in [1.29, 1.82) is 0 Å². The summed E-state index contributed by atoms with van der Waals surface area (Å²) in [7, 11) is 0. The van der Waals surface area contributed by atoms with Gasteiger partial charge in [0.2, 0.25) is 0 Å². The van der Waals surface area contributed by atoms with Gasteiger partial charge < -0.3 is 0 Å². The Bertz CT molecular complexity index is 648. The van der Waals surface area contributed by atoms with Crippen LogP contribution in [0.15, 0.2) is 18.2 Å². The van der Waals surface area contributed by atoms with Crippen LogP contribution >= 0.6 is 22.9 Å². The van der Waals surface area contributed by atoms with Crippen molar-refractivity contribution in [3.63, 3.8) is 0 Å². The third-order valence-corrected chi connectivity index (χ3v) is 4.63. The van der Waals surface area contributed by atoms with E-state index in [-0.39, 0.29) is 16.5 Å². The molecule has 1 aromatic carbocycles. The van der Waals surface area contributed by atoms with Gasteiger partial charge in [-0.2, -0.15) is 0 Å². The zero-order valence-electron chi connectivity index (χ0n) is 10.6. The summed E-state index contributed by atoms with van der Waals surface area (Å²) in [6, 6.07) is 3.72. The van der Waals surface area contributed by atoms with E-state index >= 15 is 0 Å². The Kier molecular flexibility index (Phi) is 3.72. The summed E-state index contributed by atoms with van der Waals surface area (Å²) in [6.07, 6.45) is 4.32. The van der Waals surface area contributed by atoms with Gasteiger partial charge in [0, 0.05) is 4.88 Å². The van der Waals surface area contributed by atoms with Gasteiger partial charge in [-0.1, -0.05) is 11.6 Å². The van der Waals surface area contributed by atoms with E-state index < -0.39 is 5.82 Å². The normalized spacial score (nSPS) is 13.9. The Hall–Kier alpha value is -1.46. The fourth-order valence-electron chi connectivity index (χ4n) is 2.24. The molecule has 0 unspecified atom stereocenters. The van der Waals surface area contributed by atoms with Crippen LogP contribution in [-0.2, 0) is 12.8 Å². The smallest absolute Gasteiger partial charge is 0.258 e. The quantitative estimate of drug-likeness (QED) is 0.908. The van der Waals surface area contributed by atoms with E-state index in [4.69, 9.17) is 11.6 Å². The molecule has 6 heteroatoms. The molecule has 1 N–H and O–H groups in total. The number of amides is 1. The molecule has 0 radical (unpaired) electrons. The summed E-state index contributed by atoms with van der Waals surface area (Å²) in [6.45, 7) is 0. The predicted molar refractivity (Wildman–Crippen MR) is 78.1 cm³/mol. The van der Waals surface area contributed by atoms with Crippen molar-refractivity contribution in [2.45, 2.75) is 25.7 Å². The van der Waals surface area contributed by atoms with Crippen molar-refractivity contribution in [3.05, 3.63) is 45.2 Å². The zero-order chi connectivity index (χ0) is 14.1. The highest BCUT2D eigenvalue weighted by Gasteiger charge is 2.18. The van der Waals surface area contributed by atoms with Gasteiger partial charge >= 0.3 is 0 Å². The number of benzene rings is 1. The van der Waals surface area contributed by atoms with Crippen molar-refractivity contribution in [2.75, 3.05) is 5.32 Å². The molecule has 0 saturated heterocycles. The van der Waals surface area contributed by atoms with E-state index in [1.54, 1.807) is 0 Å². The second-order valence-corrected chi connectivity index (χ2v) is 6.17. The number of thiazole rings is 1. The fourth-order valence-corrected chi connectivity index (χ4v) is 3.54. The standard InChI is InChI=1S/C14H12ClFN2OS/c15-10-7-8(16)5-6-9(10)13(19)18-14-17-11-3-1-2-4-12(11)20-14/h5-7H,1-4H2,(H,17,18,19). The number of carbonyl (C=O) groups excluding carboxylic acids is 1. The number of aryl methyl sites for hydroxylation is 2. The molecule has 1 aliphatic carbocycles. The van der Waals surface area contributed by atoms with Crippen LogP contribution in [0.5, 0.6) is 0 Å². The number of anilines is 1. The van der Waals surface area contributed by atoms with Gasteiger partial charge in [-0.15, -0.1) is 11.3 Å². The van der Waals surface area contributed by atoms with Gasteiger partial charge in [-0.05, 0) is 43.9 Å². The second-order valence-electron chi connectivity index (χ2n) is 4.67. The Morgan fingerprint density at radius 3 is 2.90 bits per heavy atom. The van der Waals surface area contributed by atoms with Crippen LogP contribution in [0.25, 0.3) is 0 Å². The number of fused-ring (bicyclic) bond motifs is 1. The maximum absolute atomic E-state index is 13.0. The third kappa shape index (κ3) is 2.69. The van der Waals surface area contributed by atoms with E-state index in [1.165, 1.54) is 34.8 Å². The van der Waals surface area contributed by atoms with Crippen molar-refractivity contribution in [2.24, 2.45) is 0 Å². The number of carbonyl (C=O) groups is 1. The first-order chi connectivity index (χ1) is 9.63. The molecule has 104 valence electrons. The van der Waals surface area contributed by atoms with Crippen LogP contribution in [0.1, 0.15) is 33.8 Å². The van der Waals surface area contributed by atoms with E-state index in [2.05, 4.69) is 10.3 Å². The Labute approximate surface area is 124 Å². The van der Waals surface area contributed by atoms with Crippen molar-refractivity contribution < 1.29 is 9.18 Å². The van der Waals surface area contributed by atoms with Gasteiger partial charge in [0.15, 0.2) is 5.13 Å². The van der Waals surface area contributed by atoms with E-state index in [0.717, 1.165) is 31.0 Å². The second kappa shape index (κ2) is 5.50. The molecule has 20 heavy (non-hydrogen) atoms. The topological polar surface area (TPSA) is 42.0 Å². The maximum Gasteiger partial charge on any atom is 0.258 e. The van der Waals surface area contributed by atoms with Crippen LogP contribution in [0, 0.1) is 5.82 Å². The molecule has 1 amide bonds. The van der Waals surface area contributed by atoms with E-state index in [9.17, 15) is 9.18 Å². The summed E-state index contributed by atoms with van der Waals surface area (Å²) < 4.78 is 13.0. The molecule has 0 spiro atoms. The molecule has 1 aromatic heterocycles. The molecule has 1 aliphatic rings. The highest BCUT2D eigenvalue weighted by Crippen LogP contribution is 2.30. The number of rotatable bonds is 2. The molecule has 1 heterocycles. The van der Waals surface area contributed by atoms with Crippen LogP contribution in [0.4, 0.5) is 9.52 Å². The van der Waals surface area contributed by atoms with Crippen molar-refractivity contribution in [3.8, 4) is 0 Å². The first-order valence-electron chi connectivity index (χ1n) is 6.38. The van der Waals surface area contributed by atoms with Gasteiger partial charge in [0.25, 0.3) is 5.91 Å². The van der Waals surface area contributed by atoms with Gasteiger partial charge in [-0.25, -0.2) is 9.37 Å². The van der Waals surface area contributed by atoms with Crippen LogP contribution in [0.2, 0.25) is 5.02 Å². The zero-order valence-corrected chi connectivity index (χ0v) is 12.2. The van der Waals surface area contributed by atoms with Crippen LogP contribution in [0.3, 0.4) is 0 Å². The highest BCUT2D eigenvalue weighted by molar-refractivity contribution is 7.15. The highest BCUT2D eigenvalue weighted by atomic mass is 35.5. The number of aromatic nitrogens is 1. The molecule has 0 aliphatic heterocycles. The lowest BCUT2D eigenvalue weighted by molar-refractivity contribution is 0.102. The van der Waals surface area contributed by atoms with Gasteiger partial charge in [-0.3, -0.25) is 10.1 Å². The Morgan fingerprint density at radius 1 is 1.35 bits per heavy atom. The lowest BCUT2D eigenvalue weighted by Crippen LogP contribution is -2.12. The monoisotopic (exact) mass is 310 g/mol. The Morgan fingerprint density at radius 2 is 2.15 bits per heavy atom. The number of halogens is 2. The molecular formula is C14H12ClFN2OS. The summed E-state index contributed by atoms with van der Waals surface area (Å²) in [5, 5.41) is 3.42. The predicted octanol–water partition coefficient (Wildman–Crippen LogP) is 4.07. The summed E-state index contributed by atoms with van der Waals surface area (Å²) >= 11 is 7.38. The van der Waals surface area contributed by atoms with Gasteiger partial charge in [0.1, 0.15) is 5.82 Å². The van der Waals surface area contributed by atoms with E-state index in [1.807, 2.05) is 0 Å². The maximum atomic E-state index is 13.0. The third-order valence-electron chi connectivity index (χ3n) is 3.24. The van der Waals surface area contributed by atoms with Crippen LogP contribution in [-0.4, -0.2) is 10.9 Å². The molecule has 3 rings (SSSR count). The summed E-state index contributed by atoms with van der Waals surface area (Å²) in [5.74, 6) is -0.822. The number of nitrogens with one attached hydrogen (secondary N) is 1. The lowest BCUT2D eigenvalue weighted by atomic mass is 10.0. The number of hydrogen-bond donors (Lipinski definition) is 1. The molecule has 2 aromatic rings. The minimum Gasteiger partial charge on any atom is -0.298 e. The largest absolute Gasteiger partial charge is 0.298 e. The first kappa shape index (κ1) is 13.5. The Balaban J connectivity index is 1.80. The molecular weight excluding hydrogens is 299 g/mol. The molecule has 0 atom stereocenters. The average Bonchev–Trinajstić information content (AvgIpc) is 2.80. The minimum absolute atomic E-state index is 0.101. The molecule has 3 nitrogen and oxygen atoms in total. The first-order valence-corrected chi connectivity index (χ1v) is 7.58. The number of hydrogen-bond acceptors (Lipinski definition) is 3. The van der Waals surface area contributed by atoms with E-state index in [0.29, 0.717) is 5.13 Å². The molecule has 0 bridgehead atoms. The van der Waals surface area contributed by atoms with Crippen molar-refractivity contribution in [1.82, 2.24) is 4.98 Å². The molecule has 0 fully saturated rings. The lowest BCUT2D eigenvalue weighted by Gasteiger charge is -2.06. The van der Waals surface area contributed by atoms with Gasteiger partial charge in [0.05, 0.1) is 16.3 Å². The summed E-state index contributed by atoms with van der Waals surface area (Å²) in [5.41, 5.74) is 1.34. The summed E-state index contributed by atoms with van der Waals surface area (Å²) in [4.78, 5) is 17.8. The SMILES string of the molecule is O=C(Nc1nc2c(s1)CCCC2)c1ccc(F)cc1Cl. The minimum atomic E-state index is -0.462.